The number of aryl methyl sites for hydroxylation is 1. The van der Waals surface area contributed by atoms with Gasteiger partial charge in [0.15, 0.2) is 0 Å². The molecule has 0 radical (unpaired) electrons. The molecule has 0 amide bonds. The van der Waals surface area contributed by atoms with Gasteiger partial charge in [0.25, 0.3) is 0 Å². The fourth-order valence-corrected chi connectivity index (χ4v) is 1.98. The van der Waals surface area contributed by atoms with Crippen molar-refractivity contribution in [3.63, 3.8) is 0 Å². The van der Waals surface area contributed by atoms with E-state index in [-0.39, 0.29) is 11.8 Å². The Balaban J connectivity index is 2.73. The van der Waals surface area contributed by atoms with Crippen LogP contribution in [-0.2, 0) is 4.79 Å². The van der Waals surface area contributed by atoms with Crippen LogP contribution in [-0.4, -0.2) is 11.1 Å². The Morgan fingerprint density at radius 3 is 2.73 bits per heavy atom. The first kappa shape index (κ1) is 12.3. The maximum absolute atomic E-state index is 10.4. The number of halogens is 2. The molecule has 1 rings (SSSR count). The molecule has 0 heterocycles. The molecule has 0 spiro atoms. The van der Waals surface area contributed by atoms with Crippen LogP contribution >= 0.6 is 23.2 Å². The zero-order valence-corrected chi connectivity index (χ0v) is 9.85. The Morgan fingerprint density at radius 1 is 1.53 bits per heavy atom. The molecule has 1 aromatic rings. The van der Waals surface area contributed by atoms with Gasteiger partial charge in [-0.15, -0.1) is 11.6 Å². The van der Waals surface area contributed by atoms with Crippen molar-refractivity contribution in [2.75, 3.05) is 0 Å². The fraction of sp³-hybridized carbons (Fsp3) is 0.364. The summed E-state index contributed by atoms with van der Waals surface area (Å²) in [7, 11) is 0. The smallest absolute Gasteiger partial charge is 0.303 e. The van der Waals surface area contributed by atoms with E-state index in [0.29, 0.717) is 11.4 Å². The van der Waals surface area contributed by atoms with E-state index in [4.69, 9.17) is 28.3 Å². The third-order valence-corrected chi connectivity index (χ3v) is 2.87. The van der Waals surface area contributed by atoms with Gasteiger partial charge in [-0.1, -0.05) is 17.7 Å². The quantitative estimate of drug-likeness (QED) is 0.821. The number of carboxylic acid groups (broad SMARTS) is 1. The molecule has 4 heteroatoms. The van der Waals surface area contributed by atoms with Gasteiger partial charge in [-0.3, -0.25) is 4.79 Å². The van der Waals surface area contributed by atoms with Gasteiger partial charge in [-0.2, -0.15) is 0 Å². The second-order valence-corrected chi connectivity index (χ2v) is 4.36. The van der Waals surface area contributed by atoms with E-state index in [0.717, 1.165) is 11.1 Å². The Labute approximate surface area is 98.8 Å². The zero-order chi connectivity index (χ0) is 11.4. The molecule has 0 aromatic heterocycles. The molecule has 0 fully saturated rings. The van der Waals surface area contributed by atoms with Gasteiger partial charge in [0.1, 0.15) is 0 Å². The number of carbonyl (C=O) groups is 1. The van der Waals surface area contributed by atoms with Gasteiger partial charge >= 0.3 is 5.97 Å². The summed E-state index contributed by atoms with van der Waals surface area (Å²) in [5, 5.41) is 8.94. The molecule has 0 aliphatic rings. The highest BCUT2D eigenvalue weighted by atomic mass is 35.5. The average molecular weight is 247 g/mol. The molecule has 0 bridgehead atoms. The highest BCUT2D eigenvalue weighted by Crippen LogP contribution is 2.29. The molecule has 0 aliphatic heterocycles. The minimum Gasteiger partial charge on any atom is -0.481 e. The van der Waals surface area contributed by atoms with Crippen LogP contribution in [0.25, 0.3) is 0 Å². The van der Waals surface area contributed by atoms with Crippen LogP contribution in [0.15, 0.2) is 18.2 Å². The number of carboxylic acids is 1. The second-order valence-electron chi connectivity index (χ2n) is 3.40. The molecule has 0 saturated heterocycles. The first-order chi connectivity index (χ1) is 7.00. The van der Waals surface area contributed by atoms with E-state index < -0.39 is 5.97 Å². The van der Waals surface area contributed by atoms with Crippen LogP contribution in [0, 0.1) is 6.92 Å². The lowest BCUT2D eigenvalue weighted by molar-refractivity contribution is -0.137. The maximum atomic E-state index is 10.4. The molecule has 1 atom stereocenters. The van der Waals surface area contributed by atoms with Crippen molar-refractivity contribution in [1.82, 2.24) is 0 Å². The standard InChI is InChI=1S/C11H12Cl2O2/c1-7-6-8(12)2-3-9(7)10(13)4-5-11(14)15/h2-3,6,10H,4-5H2,1H3,(H,14,15). The van der Waals surface area contributed by atoms with E-state index >= 15 is 0 Å². The molecular weight excluding hydrogens is 235 g/mol. The molecule has 1 N–H and O–H groups in total. The molecule has 0 saturated carbocycles. The minimum absolute atomic E-state index is 0.0796. The van der Waals surface area contributed by atoms with Gasteiger partial charge in [0.05, 0.1) is 5.38 Å². The van der Waals surface area contributed by atoms with Crippen LogP contribution in [0.4, 0.5) is 0 Å². The molecule has 0 aliphatic carbocycles. The number of alkyl halides is 1. The van der Waals surface area contributed by atoms with E-state index in [1.54, 1.807) is 6.07 Å². The van der Waals surface area contributed by atoms with Crippen molar-refractivity contribution < 1.29 is 9.90 Å². The maximum Gasteiger partial charge on any atom is 0.303 e. The SMILES string of the molecule is Cc1cc(Cl)ccc1C(Cl)CCC(=O)O. The number of rotatable bonds is 4. The summed E-state index contributed by atoms with van der Waals surface area (Å²) in [4.78, 5) is 10.4. The normalized spacial score (nSPS) is 12.5. The monoisotopic (exact) mass is 246 g/mol. The predicted octanol–water partition coefficient (Wildman–Crippen LogP) is 3.79. The van der Waals surface area contributed by atoms with E-state index in [2.05, 4.69) is 0 Å². The Morgan fingerprint density at radius 2 is 2.20 bits per heavy atom. The number of benzene rings is 1. The molecule has 1 aromatic carbocycles. The summed E-state index contributed by atoms with van der Waals surface area (Å²) in [5.74, 6) is -0.827. The molecule has 15 heavy (non-hydrogen) atoms. The molecule has 1 unspecified atom stereocenters. The Hall–Kier alpha value is -0.730. The molecule has 2 nitrogen and oxygen atoms in total. The third kappa shape index (κ3) is 3.73. The molecule has 82 valence electrons. The summed E-state index contributed by atoms with van der Waals surface area (Å²) in [6.07, 6.45) is 0.510. The highest BCUT2D eigenvalue weighted by Gasteiger charge is 2.12. The lowest BCUT2D eigenvalue weighted by Gasteiger charge is -2.11. The predicted molar refractivity (Wildman–Crippen MR) is 61.7 cm³/mol. The van der Waals surface area contributed by atoms with Gasteiger partial charge in [-0.05, 0) is 36.6 Å². The van der Waals surface area contributed by atoms with Crippen molar-refractivity contribution in [1.29, 1.82) is 0 Å². The van der Waals surface area contributed by atoms with Crippen LogP contribution in [0.1, 0.15) is 29.3 Å². The third-order valence-electron chi connectivity index (χ3n) is 2.18. The van der Waals surface area contributed by atoms with Crippen molar-refractivity contribution in [3.05, 3.63) is 34.3 Å². The average Bonchev–Trinajstić information content (AvgIpc) is 2.14. The van der Waals surface area contributed by atoms with Gasteiger partial charge < -0.3 is 5.11 Å². The summed E-state index contributed by atoms with van der Waals surface area (Å²) < 4.78 is 0. The van der Waals surface area contributed by atoms with E-state index in [9.17, 15) is 4.79 Å². The lowest BCUT2D eigenvalue weighted by atomic mass is 10.0. The minimum atomic E-state index is -0.827. The topological polar surface area (TPSA) is 37.3 Å². The summed E-state index contributed by atoms with van der Waals surface area (Å²) in [5.41, 5.74) is 1.94. The summed E-state index contributed by atoms with van der Waals surface area (Å²) >= 11 is 11.9. The fourth-order valence-electron chi connectivity index (χ4n) is 1.40. The first-order valence-electron chi connectivity index (χ1n) is 4.62. The second kappa shape index (κ2) is 5.38. The van der Waals surface area contributed by atoms with E-state index in [1.807, 2.05) is 19.1 Å². The molecular formula is C11H12Cl2O2. The Bertz CT molecular complexity index is 364. The van der Waals surface area contributed by atoms with Gasteiger partial charge in [0.2, 0.25) is 0 Å². The summed E-state index contributed by atoms with van der Waals surface area (Å²) in [6.45, 7) is 1.91. The summed E-state index contributed by atoms with van der Waals surface area (Å²) in [6, 6.07) is 5.43. The van der Waals surface area contributed by atoms with Gasteiger partial charge in [-0.25, -0.2) is 0 Å². The van der Waals surface area contributed by atoms with E-state index in [1.165, 1.54) is 0 Å². The van der Waals surface area contributed by atoms with Crippen molar-refractivity contribution >= 4 is 29.2 Å². The number of hydrogen-bond acceptors (Lipinski definition) is 1. The highest BCUT2D eigenvalue weighted by molar-refractivity contribution is 6.30. The zero-order valence-electron chi connectivity index (χ0n) is 8.34. The van der Waals surface area contributed by atoms with Crippen LogP contribution in [0.2, 0.25) is 5.02 Å². The largest absolute Gasteiger partial charge is 0.481 e. The van der Waals surface area contributed by atoms with Crippen molar-refractivity contribution in [2.24, 2.45) is 0 Å². The van der Waals surface area contributed by atoms with Crippen LogP contribution < -0.4 is 0 Å². The number of hydrogen-bond donors (Lipinski definition) is 1. The van der Waals surface area contributed by atoms with Crippen molar-refractivity contribution in [3.8, 4) is 0 Å². The van der Waals surface area contributed by atoms with Gasteiger partial charge in [0, 0.05) is 11.4 Å². The number of aliphatic carboxylic acids is 1. The van der Waals surface area contributed by atoms with Crippen LogP contribution in [0.3, 0.4) is 0 Å². The van der Waals surface area contributed by atoms with Crippen molar-refractivity contribution in [2.45, 2.75) is 25.1 Å². The van der Waals surface area contributed by atoms with Crippen LogP contribution in [0.5, 0.6) is 0 Å². The lowest BCUT2D eigenvalue weighted by Crippen LogP contribution is -1.99. The first-order valence-corrected chi connectivity index (χ1v) is 5.44. The Kier molecular flexibility index (Phi) is 4.43.